The molecule has 0 amide bonds. The molecule has 1 N–H and O–H groups in total. The highest BCUT2D eigenvalue weighted by molar-refractivity contribution is 5.33. The van der Waals surface area contributed by atoms with E-state index in [0.717, 1.165) is 49.0 Å². The molecule has 5 heteroatoms. The largest absolute Gasteiger partial charge is 0.496 e. The van der Waals surface area contributed by atoms with Crippen molar-refractivity contribution < 1.29 is 4.74 Å². The zero-order valence-electron chi connectivity index (χ0n) is 13.0. The van der Waals surface area contributed by atoms with Crippen LogP contribution in [0.3, 0.4) is 0 Å². The lowest BCUT2D eigenvalue weighted by molar-refractivity contribution is 0.407. The second-order valence-corrected chi connectivity index (χ2v) is 5.50. The Balaban J connectivity index is 1.53. The predicted molar refractivity (Wildman–Crippen MR) is 87.0 cm³/mol. The predicted octanol–water partition coefficient (Wildman–Crippen LogP) is 2.38. The Morgan fingerprint density at radius 2 is 1.82 bits per heavy atom. The summed E-state index contributed by atoms with van der Waals surface area (Å²) in [5.74, 6) is 1.77. The van der Waals surface area contributed by atoms with E-state index in [2.05, 4.69) is 26.3 Å². The van der Waals surface area contributed by atoms with Crippen LogP contribution in [-0.2, 0) is 13.1 Å². The maximum atomic E-state index is 5.35. The lowest BCUT2D eigenvalue weighted by Gasteiger charge is -2.14. The van der Waals surface area contributed by atoms with E-state index in [1.807, 2.05) is 30.6 Å². The number of para-hydroxylation sites is 1. The molecule has 0 bridgehead atoms. The van der Waals surface area contributed by atoms with Crippen LogP contribution < -0.4 is 15.0 Å². The van der Waals surface area contributed by atoms with E-state index in [0.29, 0.717) is 0 Å². The number of nitrogens with one attached hydrogen (secondary N) is 1. The fourth-order valence-electron chi connectivity index (χ4n) is 2.71. The summed E-state index contributed by atoms with van der Waals surface area (Å²) in [5, 5.41) is 3.41. The topological polar surface area (TPSA) is 50.3 Å². The van der Waals surface area contributed by atoms with E-state index >= 15 is 0 Å². The summed E-state index contributed by atoms with van der Waals surface area (Å²) in [6.45, 7) is 3.66. The number of ether oxygens (including phenoxy) is 1. The van der Waals surface area contributed by atoms with Crippen molar-refractivity contribution in [1.82, 2.24) is 15.3 Å². The van der Waals surface area contributed by atoms with E-state index < -0.39 is 0 Å². The van der Waals surface area contributed by atoms with Gasteiger partial charge in [-0.2, -0.15) is 0 Å². The van der Waals surface area contributed by atoms with Crippen molar-refractivity contribution in [3.05, 3.63) is 47.8 Å². The van der Waals surface area contributed by atoms with Crippen LogP contribution in [0.2, 0.25) is 0 Å². The minimum Gasteiger partial charge on any atom is -0.496 e. The van der Waals surface area contributed by atoms with Crippen LogP contribution >= 0.6 is 0 Å². The summed E-state index contributed by atoms with van der Waals surface area (Å²) >= 11 is 0. The van der Waals surface area contributed by atoms with Gasteiger partial charge in [0.05, 0.1) is 7.11 Å². The third-order valence-corrected chi connectivity index (χ3v) is 3.92. The minimum atomic E-state index is 0.748. The van der Waals surface area contributed by atoms with Gasteiger partial charge in [-0.05, 0) is 18.9 Å². The monoisotopic (exact) mass is 298 g/mol. The van der Waals surface area contributed by atoms with Crippen LogP contribution in [0.15, 0.2) is 36.7 Å². The standard InChI is InChI=1S/C17H22N4O/c1-22-16-7-3-2-6-15(16)13-18-10-14-11-19-17(20-12-14)21-8-4-5-9-21/h2-3,6-7,11-12,18H,4-5,8-10,13H2,1H3. The summed E-state index contributed by atoms with van der Waals surface area (Å²) < 4.78 is 5.35. The van der Waals surface area contributed by atoms with Crippen LogP contribution in [0.1, 0.15) is 24.0 Å². The highest BCUT2D eigenvalue weighted by Crippen LogP contribution is 2.17. The Hall–Kier alpha value is -2.14. The van der Waals surface area contributed by atoms with E-state index in [1.165, 1.54) is 12.8 Å². The summed E-state index contributed by atoms with van der Waals surface area (Å²) in [6.07, 6.45) is 6.31. The molecule has 0 radical (unpaired) electrons. The quantitative estimate of drug-likeness (QED) is 0.887. The fraction of sp³-hybridized carbons (Fsp3) is 0.412. The smallest absolute Gasteiger partial charge is 0.225 e. The van der Waals surface area contributed by atoms with Crippen molar-refractivity contribution >= 4 is 5.95 Å². The molecular weight excluding hydrogens is 276 g/mol. The van der Waals surface area contributed by atoms with Gasteiger partial charge in [0.25, 0.3) is 0 Å². The minimum absolute atomic E-state index is 0.748. The third kappa shape index (κ3) is 3.54. The molecule has 5 nitrogen and oxygen atoms in total. The molecule has 1 aromatic heterocycles. The Labute approximate surface area is 131 Å². The summed E-state index contributed by atoms with van der Waals surface area (Å²) in [6, 6.07) is 8.05. The molecule has 116 valence electrons. The number of hydrogen-bond donors (Lipinski definition) is 1. The molecule has 0 saturated carbocycles. The van der Waals surface area contributed by atoms with Crippen molar-refractivity contribution in [1.29, 1.82) is 0 Å². The van der Waals surface area contributed by atoms with Crippen LogP contribution in [-0.4, -0.2) is 30.2 Å². The molecule has 22 heavy (non-hydrogen) atoms. The molecule has 1 aliphatic heterocycles. The Kier molecular flexibility index (Phi) is 4.85. The Morgan fingerprint density at radius 3 is 2.55 bits per heavy atom. The molecule has 1 saturated heterocycles. The lowest BCUT2D eigenvalue weighted by atomic mass is 10.2. The number of hydrogen-bond acceptors (Lipinski definition) is 5. The van der Waals surface area contributed by atoms with Gasteiger partial charge in [-0.25, -0.2) is 9.97 Å². The maximum absolute atomic E-state index is 5.35. The molecule has 0 unspecified atom stereocenters. The SMILES string of the molecule is COc1ccccc1CNCc1cnc(N2CCCC2)nc1. The second kappa shape index (κ2) is 7.22. The molecule has 2 heterocycles. The molecule has 3 rings (SSSR count). The van der Waals surface area contributed by atoms with Crippen molar-refractivity contribution in [2.75, 3.05) is 25.1 Å². The lowest BCUT2D eigenvalue weighted by Crippen LogP contribution is -2.20. The van der Waals surface area contributed by atoms with Crippen molar-refractivity contribution in [2.45, 2.75) is 25.9 Å². The molecule has 1 aliphatic rings. The van der Waals surface area contributed by atoms with Gasteiger partial charge in [0.1, 0.15) is 5.75 Å². The molecule has 0 aliphatic carbocycles. The third-order valence-electron chi connectivity index (χ3n) is 3.92. The van der Waals surface area contributed by atoms with Crippen LogP contribution in [0, 0.1) is 0 Å². The Bertz CT molecular complexity index is 594. The molecular formula is C17H22N4O. The van der Waals surface area contributed by atoms with Gasteiger partial charge < -0.3 is 15.0 Å². The van der Waals surface area contributed by atoms with Gasteiger partial charge >= 0.3 is 0 Å². The summed E-state index contributed by atoms with van der Waals surface area (Å²) in [5.41, 5.74) is 2.25. The molecule has 0 atom stereocenters. The number of nitrogens with zero attached hydrogens (tertiary/aromatic N) is 3. The first kappa shape index (κ1) is 14.8. The van der Waals surface area contributed by atoms with Crippen LogP contribution in [0.5, 0.6) is 5.75 Å². The number of anilines is 1. The Morgan fingerprint density at radius 1 is 1.09 bits per heavy atom. The van der Waals surface area contributed by atoms with Crippen molar-refractivity contribution in [3.8, 4) is 5.75 Å². The molecule has 1 fully saturated rings. The normalized spacial score (nSPS) is 14.3. The van der Waals surface area contributed by atoms with Gasteiger partial charge in [-0.3, -0.25) is 0 Å². The number of aromatic nitrogens is 2. The van der Waals surface area contributed by atoms with E-state index in [-0.39, 0.29) is 0 Å². The second-order valence-electron chi connectivity index (χ2n) is 5.50. The van der Waals surface area contributed by atoms with E-state index in [4.69, 9.17) is 4.74 Å². The zero-order chi connectivity index (χ0) is 15.2. The van der Waals surface area contributed by atoms with Gasteiger partial charge in [0.2, 0.25) is 5.95 Å². The first-order valence-electron chi connectivity index (χ1n) is 7.75. The van der Waals surface area contributed by atoms with Crippen LogP contribution in [0.4, 0.5) is 5.95 Å². The first-order valence-corrected chi connectivity index (χ1v) is 7.75. The van der Waals surface area contributed by atoms with Gasteiger partial charge in [0, 0.05) is 49.7 Å². The summed E-state index contributed by atoms with van der Waals surface area (Å²) in [7, 11) is 1.70. The van der Waals surface area contributed by atoms with Crippen LogP contribution in [0.25, 0.3) is 0 Å². The number of benzene rings is 1. The average molecular weight is 298 g/mol. The molecule has 0 spiro atoms. The van der Waals surface area contributed by atoms with Crippen molar-refractivity contribution in [3.63, 3.8) is 0 Å². The highest BCUT2D eigenvalue weighted by atomic mass is 16.5. The average Bonchev–Trinajstić information content (AvgIpc) is 3.10. The molecule has 2 aromatic rings. The fourth-order valence-corrected chi connectivity index (χ4v) is 2.71. The number of rotatable bonds is 6. The number of methoxy groups -OCH3 is 1. The zero-order valence-corrected chi connectivity index (χ0v) is 13.0. The van der Waals surface area contributed by atoms with Gasteiger partial charge in [-0.1, -0.05) is 18.2 Å². The highest BCUT2D eigenvalue weighted by Gasteiger charge is 2.14. The van der Waals surface area contributed by atoms with Gasteiger partial charge in [-0.15, -0.1) is 0 Å². The van der Waals surface area contributed by atoms with E-state index in [1.54, 1.807) is 7.11 Å². The van der Waals surface area contributed by atoms with Crippen molar-refractivity contribution in [2.24, 2.45) is 0 Å². The maximum Gasteiger partial charge on any atom is 0.225 e. The van der Waals surface area contributed by atoms with Gasteiger partial charge in [0.15, 0.2) is 0 Å². The summed E-state index contributed by atoms with van der Waals surface area (Å²) in [4.78, 5) is 11.2. The van der Waals surface area contributed by atoms with E-state index in [9.17, 15) is 0 Å². The first-order chi connectivity index (χ1) is 10.9. The molecule has 1 aromatic carbocycles.